The van der Waals surface area contributed by atoms with Crippen molar-refractivity contribution < 1.29 is 18.7 Å². The first-order chi connectivity index (χ1) is 16.5. The van der Waals surface area contributed by atoms with Gasteiger partial charge in [-0.05, 0) is 75.5 Å². The summed E-state index contributed by atoms with van der Waals surface area (Å²) < 4.78 is 25.1. The van der Waals surface area contributed by atoms with Gasteiger partial charge in [-0.2, -0.15) is 0 Å². The van der Waals surface area contributed by atoms with E-state index in [0.29, 0.717) is 35.6 Å². The molecule has 2 aromatic carbocycles. The zero-order chi connectivity index (χ0) is 23.9. The first-order valence-corrected chi connectivity index (χ1v) is 11.7. The minimum atomic E-state index is -0.363. The fourth-order valence-corrected chi connectivity index (χ4v) is 4.01. The fourth-order valence-electron chi connectivity index (χ4n) is 4.01. The van der Waals surface area contributed by atoms with Crippen LogP contribution in [0.2, 0.25) is 0 Å². The molecule has 2 heterocycles. The van der Waals surface area contributed by atoms with Crippen molar-refractivity contribution in [3.05, 3.63) is 78.2 Å². The molecule has 6 nitrogen and oxygen atoms in total. The fraction of sp³-hybridized carbons (Fsp3) is 0.333. The van der Waals surface area contributed by atoms with Crippen molar-refractivity contribution in [2.45, 2.75) is 32.7 Å². The van der Waals surface area contributed by atoms with Crippen LogP contribution in [0.4, 0.5) is 4.39 Å². The lowest BCUT2D eigenvalue weighted by Gasteiger charge is -2.35. The highest BCUT2D eigenvalue weighted by Crippen LogP contribution is 2.33. The summed E-state index contributed by atoms with van der Waals surface area (Å²) in [6, 6.07) is 16.9. The second kappa shape index (κ2) is 11.1. The number of para-hydroxylation sites is 1. The number of nitrogens with one attached hydrogen (secondary N) is 1. The van der Waals surface area contributed by atoms with Crippen LogP contribution >= 0.6 is 0 Å². The van der Waals surface area contributed by atoms with Gasteiger partial charge in [-0.1, -0.05) is 18.2 Å². The normalized spacial score (nSPS) is 16.3. The Balaban J connectivity index is 1.49. The molecule has 1 atom stereocenters. The Labute approximate surface area is 199 Å². The minimum Gasteiger partial charge on any atom is -0.452 e. The summed E-state index contributed by atoms with van der Waals surface area (Å²) in [6.07, 6.45) is 3.72. The molecule has 0 spiro atoms. The summed E-state index contributed by atoms with van der Waals surface area (Å²) in [5.41, 5.74) is 0.369. The first-order valence-electron chi connectivity index (χ1n) is 11.7. The maximum Gasteiger partial charge on any atom is 0.263 e. The van der Waals surface area contributed by atoms with Crippen LogP contribution in [0, 0.1) is 11.7 Å². The van der Waals surface area contributed by atoms with E-state index in [1.165, 1.54) is 30.5 Å². The van der Waals surface area contributed by atoms with Crippen LogP contribution in [-0.2, 0) is 0 Å². The third-order valence-electron chi connectivity index (χ3n) is 5.91. The Morgan fingerprint density at radius 1 is 1.12 bits per heavy atom. The summed E-state index contributed by atoms with van der Waals surface area (Å²) in [5.74, 6) is 1.32. The summed E-state index contributed by atoms with van der Waals surface area (Å²) in [7, 11) is 0. The number of benzene rings is 2. The van der Waals surface area contributed by atoms with Crippen LogP contribution in [0.3, 0.4) is 0 Å². The van der Waals surface area contributed by atoms with E-state index in [2.05, 4.69) is 29.0 Å². The number of hydrogen-bond acceptors (Lipinski definition) is 5. The van der Waals surface area contributed by atoms with Crippen molar-refractivity contribution >= 4 is 5.91 Å². The van der Waals surface area contributed by atoms with Gasteiger partial charge in [0.1, 0.15) is 17.3 Å². The number of nitrogens with zero attached hydrogens (tertiary/aromatic N) is 2. The molecule has 3 aromatic rings. The number of pyridine rings is 1. The van der Waals surface area contributed by atoms with Gasteiger partial charge in [-0.25, -0.2) is 9.37 Å². The van der Waals surface area contributed by atoms with E-state index in [1.54, 1.807) is 18.2 Å². The average molecular weight is 464 g/mol. The van der Waals surface area contributed by atoms with Crippen molar-refractivity contribution in [1.29, 1.82) is 0 Å². The van der Waals surface area contributed by atoms with Gasteiger partial charge in [-0.3, -0.25) is 4.79 Å². The molecule has 1 N–H and O–H groups in total. The second-order valence-corrected chi connectivity index (χ2v) is 8.81. The molecule has 7 heteroatoms. The zero-order valence-electron chi connectivity index (χ0n) is 19.5. The van der Waals surface area contributed by atoms with Crippen molar-refractivity contribution in [3.63, 3.8) is 0 Å². The molecule has 0 aliphatic carbocycles. The molecular weight excluding hydrogens is 433 g/mol. The third kappa shape index (κ3) is 6.32. The van der Waals surface area contributed by atoms with Gasteiger partial charge in [-0.15, -0.1) is 0 Å². The standard InChI is InChI=1S/C27H30FN3O3/c1-19(2)31-14-6-7-20(18-31)16-29-26(32)21-15-25(33-24-12-10-22(28)11-13-24)27(30-17-21)34-23-8-4-3-5-9-23/h3-5,8-13,15,17,19-20H,6-7,14,16,18H2,1-2H3,(H,29,32)/t20-/m1/s1. The molecule has 0 bridgehead atoms. The highest BCUT2D eigenvalue weighted by atomic mass is 19.1. The van der Waals surface area contributed by atoms with Crippen molar-refractivity contribution in [1.82, 2.24) is 15.2 Å². The smallest absolute Gasteiger partial charge is 0.263 e. The van der Waals surface area contributed by atoms with Crippen molar-refractivity contribution in [3.8, 4) is 23.1 Å². The van der Waals surface area contributed by atoms with E-state index in [0.717, 1.165) is 25.9 Å². The lowest BCUT2D eigenvalue weighted by Crippen LogP contribution is -2.43. The summed E-state index contributed by atoms with van der Waals surface area (Å²) in [5, 5.41) is 3.04. The van der Waals surface area contributed by atoms with Crippen LogP contribution < -0.4 is 14.8 Å². The molecule has 1 amide bonds. The van der Waals surface area contributed by atoms with Gasteiger partial charge in [0.05, 0.1) is 5.56 Å². The summed E-state index contributed by atoms with van der Waals surface area (Å²) in [4.78, 5) is 19.7. The summed E-state index contributed by atoms with van der Waals surface area (Å²) in [6.45, 7) is 7.11. The quantitative estimate of drug-likeness (QED) is 0.467. The molecule has 1 aromatic heterocycles. The van der Waals surface area contributed by atoms with Gasteiger partial charge in [0.2, 0.25) is 0 Å². The van der Waals surface area contributed by atoms with E-state index in [1.807, 2.05) is 18.2 Å². The molecule has 1 aliphatic rings. The number of hydrogen-bond donors (Lipinski definition) is 1. The predicted octanol–water partition coefficient (Wildman–Crippen LogP) is 5.66. The Morgan fingerprint density at radius 2 is 1.85 bits per heavy atom. The average Bonchev–Trinajstić information content (AvgIpc) is 2.86. The third-order valence-corrected chi connectivity index (χ3v) is 5.91. The van der Waals surface area contributed by atoms with E-state index in [4.69, 9.17) is 9.47 Å². The van der Waals surface area contributed by atoms with Crippen molar-refractivity contribution in [2.75, 3.05) is 19.6 Å². The molecule has 0 radical (unpaired) electrons. The summed E-state index contributed by atoms with van der Waals surface area (Å²) >= 11 is 0. The van der Waals surface area contributed by atoms with Gasteiger partial charge in [0.25, 0.3) is 11.8 Å². The molecule has 34 heavy (non-hydrogen) atoms. The Morgan fingerprint density at radius 3 is 2.59 bits per heavy atom. The number of ether oxygens (including phenoxy) is 2. The molecular formula is C27H30FN3O3. The van der Waals surface area contributed by atoms with E-state index in [-0.39, 0.29) is 23.4 Å². The monoisotopic (exact) mass is 463 g/mol. The number of halogens is 1. The highest BCUT2D eigenvalue weighted by Gasteiger charge is 2.22. The number of piperidine rings is 1. The molecule has 1 aliphatic heterocycles. The Bertz CT molecular complexity index is 1090. The van der Waals surface area contributed by atoms with E-state index < -0.39 is 0 Å². The number of likely N-dealkylation sites (tertiary alicyclic amines) is 1. The number of amides is 1. The van der Waals surface area contributed by atoms with Gasteiger partial charge in [0, 0.05) is 31.4 Å². The molecule has 4 rings (SSSR count). The maximum absolute atomic E-state index is 13.3. The topological polar surface area (TPSA) is 63.7 Å². The SMILES string of the molecule is CC(C)N1CCC[C@H](CNC(=O)c2cnc(Oc3ccccc3)c(Oc3ccc(F)cc3)c2)C1. The molecule has 178 valence electrons. The lowest BCUT2D eigenvalue weighted by atomic mass is 9.97. The van der Waals surface area contributed by atoms with Gasteiger partial charge >= 0.3 is 0 Å². The minimum absolute atomic E-state index is 0.215. The van der Waals surface area contributed by atoms with Crippen LogP contribution in [0.1, 0.15) is 37.0 Å². The molecule has 0 saturated carbocycles. The molecule has 1 saturated heterocycles. The van der Waals surface area contributed by atoms with Crippen LogP contribution in [-0.4, -0.2) is 41.5 Å². The lowest BCUT2D eigenvalue weighted by molar-refractivity contribution is 0.0922. The van der Waals surface area contributed by atoms with E-state index in [9.17, 15) is 9.18 Å². The van der Waals surface area contributed by atoms with Crippen LogP contribution in [0.25, 0.3) is 0 Å². The van der Waals surface area contributed by atoms with Crippen LogP contribution in [0.15, 0.2) is 66.9 Å². The maximum atomic E-state index is 13.3. The van der Waals surface area contributed by atoms with Crippen LogP contribution in [0.5, 0.6) is 23.1 Å². The number of carbonyl (C=O) groups excluding carboxylic acids is 1. The highest BCUT2D eigenvalue weighted by molar-refractivity contribution is 5.94. The Hall–Kier alpha value is -3.45. The van der Waals surface area contributed by atoms with E-state index >= 15 is 0 Å². The first kappa shape index (κ1) is 23.7. The van der Waals surface area contributed by atoms with Gasteiger partial charge < -0.3 is 19.7 Å². The molecule has 0 unspecified atom stereocenters. The second-order valence-electron chi connectivity index (χ2n) is 8.81. The van der Waals surface area contributed by atoms with Crippen molar-refractivity contribution in [2.24, 2.45) is 5.92 Å². The Kier molecular flexibility index (Phi) is 7.75. The zero-order valence-corrected chi connectivity index (χ0v) is 19.5. The largest absolute Gasteiger partial charge is 0.452 e. The molecule has 1 fully saturated rings. The number of carbonyl (C=O) groups is 1. The number of rotatable bonds is 8. The van der Waals surface area contributed by atoms with Gasteiger partial charge in [0.15, 0.2) is 5.75 Å². The number of aromatic nitrogens is 1. The predicted molar refractivity (Wildman–Crippen MR) is 129 cm³/mol.